The maximum absolute atomic E-state index is 11.9. The van der Waals surface area contributed by atoms with Gasteiger partial charge in [0.1, 0.15) is 0 Å². The summed E-state index contributed by atoms with van der Waals surface area (Å²) in [5.74, 6) is -0.390. The number of methoxy groups -OCH3 is 1. The lowest BCUT2D eigenvalue weighted by atomic mass is 10.2. The molecule has 0 aromatic heterocycles. The molecule has 1 atom stereocenters. The van der Waals surface area contributed by atoms with Gasteiger partial charge in [-0.3, -0.25) is 14.4 Å². The molecule has 0 N–H and O–H groups in total. The molecule has 118 valence electrons. The summed E-state index contributed by atoms with van der Waals surface area (Å²) in [4.78, 5) is 12.8. The Balaban J connectivity index is 2.34. The van der Waals surface area contributed by atoms with Gasteiger partial charge in [0.15, 0.2) is 0 Å². The van der Waals surface area contributed by atoms with Crippen molar-refractivity contribution in [3.8, 4) is 0 Å². The molecule has 0 aromatic carbocycles. The lowest BCUT2D eigenvalue weighted by Gasteiger charge is -2.24. The van der Waals surface area contributed by atoms with E-state index in [2.05, 4.69) is 9.47 Å². The summed E-state index contributed by atoms with van der Waals surface area (Å²) in [6, 6.07) is 0. The van der Waals surface area contributed by atoms with Gasteiger partial charge in [-0.25, -0.2) is 0 Å². The minimum Gasteiger partial charge on any atom is -0.469 e. The van der Waals surface area contributed by atoms with Crippen molar-refractivity contribution in [2.75, 3.05) is 40.0 Å². The fourth-order valence-electron chi connectivity index (χ4n) is 2.01. The number of carbonyl (C=O) groups is 1. The SMILES string of the molecule is COC(=O)CCN(CCOC(F)(F)F)CC1CCCO1. The summed E-state index contributed by atoms with van der Waals surface area (Å²) in [5, 5.41) is 0. The molecule has 1 fully saturated rings. The zero-order valence-electron chi connectivity index (χ0n) is 11.4. The lowest BCUT2D eigenvalue weighted by molar-refractivity contribution is -0.325. The van der Waals surface area contributed by atoms with E-state index in [1.54, 1.807) is 4.90 Å². The largest absolute Gasteiger partial charge is 0.522 e. The highest BCUT2D eigenvalue weighted by atomic mass is 19.4. The first kappa shape index (κ1) is 17.2. The first-order valence-corrected chi connectivity index (χ1v) is 6.52. The van der Waals surface area contributed by atoms with Crippen LogP contribution < -0.4 is 0 Å². The molecule has 1 aliphatic heterocycles. The van der Waals surface area contributed by atoms with Gasteiger partial charge in [-0.2, -0.15) is 0 Å². The van der Waals surface area contributed by atoms with Crippen LogP contribution in [0.4, 0.5) is 13.2 Å². The van der Waals surface area contributed by atoms with Crippen molar-refractivity contribution in [1.29, 1.82) is 0 Å². The summed E-state index contributed by atoms with van der Waals surface area (Å²) in [7, 11) is 1.28. The van der Waals surface area contributed by atoms with Crippen molar-refractivity contribution in [2.45, 2.75) is 31.7 Å². The molecule has 8 heteroatoms. The van der Waals surface area contributed by atoms with Gasteiger partial charge in [0.05, 0.1) is 26.2 Å². The van der Waals surface area contributed by atoms with E-state index in [0.717, 1.165) is 12.8 Å². The lowest BCUT2D eigenvalue weighted by Crippen LogP contribution is -2.37. The molecule has 5 nitrogen and oxygen atoms in total. The minimum atomic E-state index is -4.63. The van der Waals surface area contributed by atoms with Gasteiger partial charge >= 0.3 is 12.3 Å². The first-order chi connectivity index (χ1) is 9.40. The van der Waals surface area contributed by atoms with Crippen molar-refractivity contribution >= 4 is 5.97 Å². The molecule has 0 bridgehead atoms. The zero-order chi connectivity index (χ0) is 15.0. The number of rotatable bonds is 8. The Labute approximate surface area is 116 Å². The Bertz CT molecular complexity index is 293. The Kier molecular flexibility index (Phi) is 7.25. The van der Waals surface area contributed by atoms with Crippen LogP contribution in [-0.2, 0) is 19.0 Å². The fourth-order valence-corrected chi connectivity index (χ4v) is 2.01. The topological polar surface area (TPSA) is 48.0 Å². The Morgan fingerprint density at radius 2 is 2.15 bits per heavy atom. The molecule has 1 saturated heterocycles. The number of alkyl halides is 3. The second kappa shape index (κ2) is 8.43. The molecule has 20 heavy (non-hydrogen) atoms. The number of esters is 1. The monoisotopic (exact) mass is 299 g/mol. The van der Waals surface area contributed by atoms with E-state index in [1.165, 1.54) is 7.11 Å². The van der Waals surface area contributed by atoms with Crippen molar-refractivity contribution in [1.82, 2.24) is 4.90 Å². The van der Waals surface area contributed by atoms with Crippen LogP contribution in [-0.4, -0.2) is 63.3 Å². The maximum atomic E-state index is 11.9. The van der Waals surface area contributed by atoms with Crippen molar-refractivity contribution in [2.24, 2.45) is 0 Å². The highest BCUT2D eigenvalue weighted by Crippen LogP contribution is 2.17. The Morgan fingerprint density at radius 3 is 2.70 bits per heavy atom. The molecule has 1 aliphatic rings. The predicted molar refractivity (Wildman–Crippen MR) is 64.1 cm³/mol. The highest BCUT2D eigenvalue weighted by molar-refractivity contribution is 5.69. The second-order valence-corrected chi connectivity index (χ2v) is 4.56. The number of ether oxygens (including phenoxy) is 3. The molecule has 0 saturated carbocycles. The van der Waals surface area contributed by atoms with E-state index in [0.29, 0.717) is 19.7 Å². The number of hydrogen-bond acceptors (Lipinski definition) is 5. The molecular weight excluding hydrogens is 279 g/mol. The minimum absolute atomic E-state index is 0.0125. The normalized spacial score (nSPS) is 19.6. The van der Waals surface area contributed by atoms with Crippen molar-refractivity contribution in [3.63, 3.8) is 0 Å². The number of nitrogens with zero attached hydrogens (tertiary/aromatic N) is 1. The molecule has 0 aromatic rings. The van der Waals surface area contributed by atoms with Gasteiger partial charge < -0.3 is 9.47 Å². The first-order valence-electron chi connectivity index (χ1n) is 6.52. The molecular formula is C12H20F3NO4. The molecule has 0 radical (unpaired) electrons. The van der Waals surface area contributed by atoms with E-state index in [-0.39, 0.29) is 25.0 Å². The summed E-state index contributed by atoms with van der Waals surface area (Å²) < 4.78 is 49.5. The summed E-state index contributed by atoms with van der Waals surface area (Å²) in [6.45, 7) is 1.13. The van der Waals surface area contributed by atoms with Crippen LogP contribution in [0.3, 0.4) is 0 Å². The van der Waals surface area contributed by atoms with Gasteiger partial charge in [-0.1, -0.05) is 0 Å². The van der Waals surface area contributed by atoms with Crippen molar-refractivity contribution in [3.05, 3.63) is 0 Å². The third-order valence-electron chi connectivity index (χ3n) is 3.02. The highest BCUT2D eigenvalue weighted by Gasteiger charge is 2.29. The van der Waals surface area contributed by atoms with E-state index in [4.69, 9.17) is 4.74 Å². The average molecular weight is 299 g/mol. The second-order valence-electron chi connectivity index (χ2n) is 4.56. The van der Waals surface area contributed by atoms with Gasteiger partial charge in [-0.05, 0) is 12.8 Å². The summed E-state index contributed by atoms with van der Waals surface area (Å²) >= 11 is 0. The molecule has 0 spiro atoms. The zero-order valence-corrected chi connectivity index (χ0v) is 11.4. The third-order valence-corrected chi connectivity index (χ3v) is 3.02. The predicted octanol–water partition coefficient (Wildman–Crippen LogP) is 1.57. The molecule has 1 heterocycles. The van der Waals surface area contributed by atoms with E-state index in [9.17, 15) is 18.0 Å². The molecule has 0 aliphatic carbocycles. The van der Waals surface area contributed by atoms with Crippen LogP contribution in [0.5, 0.6) is 0 Å². The van der Waals surface area contributed by atoms with E-state index >= 15 is 0 Å². The van der Waals surface area contributed by atoms with E-state index in [1.807, 2.05) is 0 Å². The standard InChI is InChI=1S/C12H20F3NO4/c1-18-11(17)4-5-16(6-8-20-12(13,14)15)9-10-3-2-7-19-10/h10H,2-9H2,1H3. The van der Waals surface area contributed by atoms with Crippen LogP contribution >= 0.6 is 0 Å². The summed E-state index contributed by atoms with van der Waals surface area (Å²) in [6.07, 6.45) is -2.64. The van der Waals surface area contributed by atoms with Crippen LogP contribution in [0, 0.1) is 0 Å². The van der Waals surface area contributed by atoms with E-state index < -0.39 is 13.0 Å². The smallest absolute Gasteiger partial charge is 0.469 e. The van der Waals surface area contributed by atoms with Crippen LogP contribution in [0.15, 0.2) is 0 Å². The van der Waals surface area contributed by atoms with Crippen molar-refractivity contribution < 1.29 is 32.2 Å². The van der Waals surface area contributed by atoms with Gasteiger partial charge in [0.2, 0.25) is 0 Å². The summed E-state index contributed by atoms with van der Waals surface area (Å²) in [5.41, 5.74) is 0. The Hall–Kier alpha value is -0.860. The molecule has 1 unspecified atom stereocenters. The molecule has 1 rings (SSSR count). The number of hydrogen-bond donors (Lipinski definition) is 0. The van der Waals surface area contributed by atoms with Crippen LogP contribution in [0.1, 0.15) is 19.3 Å². The van der Waals surface area contributed by atoms with Crippen LogP contribution in [0.25, 0.3) is 0 Å². The van der Waals surface area contributed by atoms with Gasteiger partial charge in [-0.15, -0.1) is 13.2 Å². The fraction of sp³-hybridized carbons (Fsp3) is 0.917. The third kappa shape index (κ3) is 7.66. The van der Waals surface area contributed by atoms with Crippen LogP contribution in [0.2, 0.25) is 0 Å². The number of carbonyl (C=O) groups excluding carboxylic acids is 1. The maximum Gasteiger partial charge on any atom is 0.522 e. The Morgan fingerprint density at radius 1 is 1.40 bits per heavy atom. The van der Waals surface area contributed by atoms with Gasteiger partial charge in [0.25, 0.3) is 0 Å². The molecule has 0 amide bonds. The average Bonchev–Trinajstić information content (AvgIpc) is 2.86. The quantitative estimate of drug-likeness (QED) is 0.637. The number of halogens is 3. The van der Waals surface area contributed by atoms with Gasteiger partial charge in [0, 0.05) is 26.2 Å².